The maximum absolute atomic E-state index is 4.94. The zero-order valence-corrected chi connectivity index (χ0v) is 30.2. The maximum Gasteiger partial charge on any atom is 0.249 e. The molecular weight excluding hydrogens is 651 g/mol. The number of aryl methyl sites for hydroxylation is 3. The second-order valence-electron chi connectivity index (χ2n) is 14.7. The van der Waals surface area contributed by atoms with Gasteiger partial charge in [-0.1, -0.05) is 55.1 Å². The molecule has 7 heterocycles. The highest BCUT2D eigenvalue weighted by molar-refractivity contribution is 7.20. The highest BCUT2D eigenvalue weighted by Crippen LogP contribution is 2.49. The number of allylic oxidation sites excluding steroid dienone is 3. The summed E-state index contributed by atoms with van der Waals surface area (Å²) >= 11 is 1.88. The molecule has 0 saturated heterocycles. The molecule has 3 nitrogen and oxygen atoms in total. The van der Waals surface area contributed by atoms with Crippen LogP contribution in [0, 0.1) is 13.8 Å². The monoisotopic (exact) mass is 687 g/mol. The molecule has 248 valence electrons. The molecule has 2 aliphatic rings. The van der Waals surface area contributed by atoms with Crippen LogP contribution in [-0.2, 0) is 6.42 Å². The van der Waals surface area contributed by atoms with Crippen LogP contribution in [0.1, 0.15) is 45.5 Å². The van der Waals surface area contributed by atoms with Crippen LogP contribution in [0.5, 0.6) is 0 Å². The summed E-state index contributed by atoms with van der Waals surface area (Å²) < 4.78 is 8.79. The summed E-state index contributed by atoms with van der Waals surface area (Å²) in [4.78, 5) is 1.29. The van der Waals surface area contributed by atoms with Crippen LogP contribution in [-0.4, -0.2) is 4.40 Å². The number of hydrogen-bond donors (Lipinski definition) is 0. The molecule has 0 amide bonds. The van der Waals surface area contributed by atoms with Crippen molar-refractivity contribution < 1.29 is 9.13 Å². The number of thiophene rings is 1. The Morgan fingerprint density at radius 2 is 1.65 bits per heavy atom. The van der Waals surface area contributed by atoms with Gasteiger partial charge >= 0.3 is 0 Å². The van der Waals surface area contributed by atoms with Gasteiger partial charge in [-0.25, -0.2) is 0 Å². The first-order valence-corrected chi connectivity index (χ1v) is 19.1. The number of nitrogens with zero attached hydrogens (tertiary/aromatic N) is 3. The molecular formula is C48H37N3S+2. The van der Waals surface area contributed by atoms with E-state index >= 15 is 0 Å². The fraction of sp³-hybridized carbons (Fsp3) is 0.125. The molecule has 0 bridgehead atoms. The fourth-order valence-corrected chi connectivity index (χ4v) is 10.9. The predicted octanol–water partition coefficient (Wildman–Crippen LogP) is 11.5. The standard InChI is InChI=1S/C48H37N3S/c1-5-6-18-43-29(3)45-44(52-43)26-37-34-15-9-10-17-41(34)51-42-24-31-20-21-35-32-13-7-8-14-33(32)39-16-11-12-23-49(39)47(35)30(4)50-27-28(2)19-22-40(50)36(31)25-38(42)46(45)48(37)51/h5-19,22-27,35,47H,1,4,20-21H2,2-3H3/q+2/b18-6-. The Labute approximate surface area is 306 Å². The van der Waals surface area contributed by atoms with Crippen molar-refractivity contribution in [2.75, 3.05) is 0 Å². The van der Waals surface area contributed by atoms with Crippen LogP contribution in [0.15, 0.2) is 135 Å². The maximum atomic E-state index is 4.94. The number of fused-ring (bicyclic) bond motifs is 17. The lowest BCUT2D eigenvalue weighted by atomic mass is 9.78. The van der Waals surface area contributed by atoms with Gasteiger partial charge in [0.25, 0.3) is 0 Å². The predicted molar refractivity (Wildman–Crippen MR) is 218 cm³/mol. The molecule has 2 atom stereocenters. The molecule has 0 N–H and O–H groups in total. The Morgan fingerprint density at radius 1 is 0.808 bits per heavy atom. The van der Waals surface area contributed by atoms with Crippen molar-refractivity contribution >= 4 is 71.3 Å². The summed E-state index contributed by atoms with van der Waals surface area (Å²) in [5.41, 5.74) is 15.4. The smallest absolute Gasteiger partial charge is 0.249 e. The van der Waals surface area contributed by atoms with Gasteiger partial charge in [0.2, 0.25) is 23.1 Å². The zero-order chi connectivity index (χ0) is 34.8. The summed E-state index contributed by atoms with van der Waals surface area (Å²) in [6, 6.07) is 36.8. The van der Waals surface area contributed by atoms with E-state index in [2.05, 4.69) is 156 Å². The molecule has 0 spiro atoms. The molecule has 0 fully saturated rings. The van der Waals surface area contributed by atoms with Gasteiger partial charge in [0, 0.05) is 65.8 Å². The molecule has 0 saturated carbocycles. The van der Waals surface area contributed by atoms with Gasteiger partial charge in [0.1, 0.15) is 0 Å². The number of benzene rings is 4. The van der Waals surface area contributed by atoms with Gasteiger partial charge in [0.05, 0.1) is 28.0 Å². The summed E-state index contributed by atoms with van der Waals surface area (Å²) in [6.07, 6.45) is 12.7. The van der Waals surface area contributed by atoms with E-state index in [9.17, 15) is 0 Å². The normalized spacial score (nSPS) is 16.9. The van der Waals surface area contributed by atoms with Crippen molar-refractivity contribution in [2.24, 2.45) is 0 Å². The van der Waals surface area contributed by atoms with Gasteiger partial charge in [-0.05, 0) is 98.5 Å². The average Bonchev–Trinajstić information content (AvgIpc) is 3.80. The van der Waals surface area contributed by atoms with E-state index in [1.54, 1.807) is 0 Å². The highest BCUT2D eigenvalue weighted by Gasteiger charge is 2.46. The van der Waals surface area contributed by atoms with Crippen LogP contribution in [0.2, 0.25) is 0 Å². The van der Waals surface area contributed by atoms with Gasteiger partial charge in [-0.15, -0.1) is 11.3 Å². The molecule has 9 aromatic rings. The SMILES string of the molecule is C=C/C=C\c1sc2cc3c4ccccc4n4c5cc6c(cc5c(c2c1C)c34)-c1ccc(C)c[n+]1C(=C)C1C(CC6)c2ccccc2-c2cccc[n+]21. The Bertz CT molecular complexity index is 3040. The molecule has 52 heavy (non-hydrogen) atoms. The Morgan fingerprint density at radius 3 is 2.56 bits per heavy atom. The molecule has 5 aromatic heterocycles. The molecule has 0 aliphatic carbocycles. The summed E-state index contributed by atoms with van der Waals surface area (Å²) in [6.45, 7) is 13.4. The van der Waals surface area contributed by atoms with Crippen molar-refractivity contribution in [3.63, 3.8) is 0 Å². The van der Waals surface area contributed by atoms with Gasteiger partial charge in [-0.3, -0.25) is 0 Å². The molecule has 4 heteroatoms. The average molecular weight is 688 g/mol. The van der Waals surface area contributed by atoms with Crippen LogP contribution in [0.3, 0.4) is 0 Å². The van der Waals surface area contributed by atoms with Crippen molar-refractivity contribution in [1.82, 2.24) is 4.40 Å². The van der Waals surface area contributed by atoms with E-state index < -0.39 is 0 Å². The largest absolute Gasteiger partial charge is 0.308 e. The van der Waals surface area contributed by atoms with E-state index in [4.69, 9.17) is 6.58 Å². The van der Waals surface area contributed by atoms with Crippen molar-refractivity contribution in [1.29, 1.82) is 0 Å². The Hall–Kier alpha value is -5.84. The minimum absolute atomic E-state index is 0.0849. The number of pyridine rings is 2. The number of hydrogen-bond acceptors (Lipinski definition) is 1. The second-order valence-corrected chi connectivity index (χ2v) is 15.8. The summed E-state index contributed by atoms with van der Waals surface area (Å²) in [7, 11) is 0. The number of para-hydroxylation sites is 1. The quantitative estimate of drug-likeness (QED) is 0.127. The van der Waals surface area contributed by atoms with Gasteiger partial charge in [-0.2, -0.15) is 9.13 Å². The molecule has 0 radical (unpaired) electrons. The van der Waals surface area contributed by atoms with Crippen molar-refractivity contribution in [3.05, 3.63) is 162 Å². The van der Waals surface area contributed by atoms with E-state index in [0.29, 0.717) is 0 Å². The van der Waals surface area contributed by atoms with Crippen LogP contribution < -0.4 is 9.13 Å². The van der Waals surface area contributed by atoms with Crippen molar-refractivity contribution in [3.8, 4) is 22.5 Å². The van der Waals surface area contributed by atoms with E-state index in [1.807, 2.05) is 17.4 Å². The number of rotatable bonds is 2. The molecule has 2 aliphatic heterocycles. The fourth-order valence-electron chi connectivity index (χ4n) is 9.73. The third kappa shape index (κ3) is 3.90. The zero-order valence-electron chi connectivity index (χ0n) is 29.4. The van der Waals surface area contributed by atoms with Crippen molar-refractivity contribution in [2.45, 2.75) is 38.6 Å². The molecule has 11 rings (SSSR count). The third-order valence-corrected chi connectivity index (χ3v) is 13.2. The third-order valence-electron chi connectivity index (χ3n) is 12.0. The van der Waals surface area contributed by atoms with E-state index in [0.717, 1.165) is 18.5 Å². The Balaban J connectivity index is 1.26. The first kappa shape index (κ1) is 29.8. The molecule has 2 unspecified atom stereocenters. The first-order valence-electron chi connectivity index (χ1n) is 18.3. The molecule has 4 aromatic carbocycles. The lowest BCUT2D eigenvalue weighted by Gasteiger charge is -2.29. The topological polar surface area (TPSA) is 12.2 Å². The summed E-state index contributed by atoms with van der Waals surface area (Å²) in [5.74, 6) is 0.273. The van der Waals surface area contributed by atoms with Crippen LogP contribution >= 0.6 is 11.3 Å². The van der Waals surface area contributed by atoms with Crippen LogP contribution in [0.4, 0.5) is 0 Å². The minimum atomic E-state index is 0.0849. The van der Waals surface area contributed by atoms with Gasteiger partial charge < -0.3 is 4.40 Å². The van der Waals surface area contributed by atoms with Crippen LogP contribution in [0.25, 0.3) is 82.5 Å². The Kier molecular flexibility index (Phi) is 6.22. The van der Waals surface area contributed by atoms with E-state index in [1.165, 1.54) is 97.8 Å². The second kappa shape index (κ2) is 10.8. The highest BCUT2D eigenvalue weighted by atomic mass is 32.1. The summed E-state index contributed by atoms with van der Waals surface area (Å²) in [5, 5.41) is 6.68. The lowest BCUT2D eigenvalue weighted by molar-refractivity contribution is -0.727. The minimum Gasteiger partial charge on any atom is -0.308 e. The van der Waals surface area contributed by atoms with Gasteiger partial charge in [0.15, 0.2) is 12.4 Å². The number of aromatic nitrogens is 3. The first-order chi connectivity index (χ1) is 25.5. The lowest BCUT2D eigenvalue weighted by Crippen LogP contribution is -2.53. The van der Waals surface area contributed by atoms with E-state index in [-0.39, 0.29) is 12.0 Å².